The van der Waals surface area contributed by atoms with Gasteiger partial charge in [0, 0.05) is 12.6 Å². The van der Waals surface area contributed by atoms with Gasteiger partial charge in [-0.25, -0.2) is 0 Å². The number of nitrogens with zero attached hydrogens (tertiary/aromatic N) is 2. The first kappa shape index (κ1) is 14.3. The molecule has 0 saturated carbocycles. The molecule has 19 heavy (non-hydrogen) atoms. The number of benzene rings is 1. The summed E-state index contributed by atoms with van der Waals surface area (Å²) in [6.45, 7) is 3.68. The van der Waals surface area contributed by atoms with Crippen LogP contribution in [0.4, 0.5) is 11.4 Å². The zero-order chi connectivity index (χ0) is 14.3. The van der Waals surface area contributed by atoms with Crippen molar-refractivity contribution in [1.82, 2.24) is 0 Å². The molecule has 1 aromatic carbocycles. The minimum absolute atomic E-state index is 0.0331. The normalized spacial score (nSPS) is 8.84. The fourth-order valence-electron chi connectivity index (χ4n) is 1.36. The van der Waals surface area contributed by atoms with Gasteiger partial charge in [-0.2, -0.15) is 10.5 Å². The van der Waals surface area contributed by atoms with Crippen molar-refractivity contribution in [2.75, 3.05) is 10.6 Å². The molecule has 1 rings (SSSR count). The van der Waals surface area contributed by atoms with Gasteiger partial charge in [-0.05, 0) is 24.6 Å². The van der Waals surface area contributed by atoms with Crippen molar-refractivity contribution >= 4 is 17.3 Å². The van der Waals surface area contributed by atoms with Gasteiger partial charge in [-0.3, -0.25) is 4.79 Å². The van der Waals surface area contributed by atoms with Gasteiger partial charge >= 0.3 is 0 Å². The van der Waals surface area contributed by atoms with E-state index in [1.54, 1.807) is 25.1 Å². The van der Waals surface area contributed by atoms with Crippen molar-refractivity contribution in [3.05, 3.63) is 35.5 Å². The molecule has 0 aliphatic carbocycles. The molecule has 0 radical (unpaired) electrons. The summed E-state index contributed by atoms with van der Waals surface area (Å²) in [4.78, 5) is 11.4. The Kier molecular flexibility index (Phi) is 5.13. The van der Waals surface area contributed by atoms with Crippen LogP contribution >= 0.6 is 0 Å². The van der Waals surface area contributed by atoms with Crippen molar-refractivity contribution in [2.45, 2.75) is 20.3 Å². The van der Waals surface area contributed by atoms with Crippen LogP contribution in [0, 0.1) is 29.6 Å². The average Bonchev–Trinajstić information content (AvgIpc) is 2.42. The van der Waals surface area contributed by atoms with Gasteiger partial charge in [-0.15, -0.1) is 0 Å². The van der Waals surface area contributed by atoms with Gasteiger partial charge in [0.2, 0.25) is 5.91 Å². The molecule has 0 heterocycles. The molecule has 0 spiro atoms. The lowest BCUT2D eigenvalue weighted by molar-refractivity contribution is -0.115. The van der Waals surface area contributed by atoms with Crippen LogP contribution in [-0.4, -0.2) is 5.91 Å². The lowest BCUT2D eigenvalue weighted by Gasteiger charge is -2.11. The van der Waals surface area contributed by atoms with Crippen molar-refractivity contribution in [3.8, 4) is 12.1 Å². The number of hydrogen-bond acceptors (Lipinski definition) is 4. The lowest BCUT2D eigenvalue weighted by Crippen LogP contribution is -2.11. The van der Waals surface area contributed by atoms with E-state index in [0.717, 1.165) is 5.56 Å². The number of hydrogen-bond donors (Lipinski definition) is 2. The summed E-state index contributed by atoms with van der Waals surface area (Å²) in [5.74, 6) is -0.100. The predicted octanol–water partition coefficient (Wildman–Crippen LogP) is 2.69. The number of anilines is 2. The Morgan fingerprint density at radius 2 is 2.00 bits per heavy atom. The van der Waals surface area contributed by atoms with Crippen LogP contribution in [0.1, 0.15) is 18.9 Å². The highest BCUT2D eigenvalue weighted by atomic mass is 16.1. The maximum atomic E-state index is 11.4. The van der Waals surface area contributed by atoms with E-state index in [1.807, 2.05) is 19.1 Å². The zero-order valence-electron chi connectivity index (χ0n) is 10.8. The Morgan fingerprint density at radius 1 is 1.32 bits per heavy atom. The summed E-state index contributed by atoms with van der Waals surface area (Å²) in [5, 5.41) is 22.9. The second-order valence-corrected chi connectivity index (χ2v) is 3.88. The first-order chi connectivity index (χ1) is 9.10. The zero-order valence-corrected chi connectivity index (χ0v) is 10.8. The SMILES string of the molecule is CCC(=O)Nc1ccc(C)cc1NC=C(C#N)C#N. The van der Waals surface area contributed by atoms with Gasteiger partial charge in [0.05, 0.1) is 11.4 Å². The van der Waals surface area contributed by atoms with Gasteiger partial charge in [0.15, 0.2) is 0 Å². The number of allylic oxidation sites excluding steroid dienone is 1. The van der Waals surface area contributed by atoms with Gasteiger partial charge in [0.25, 0.3) is 0 Å². The minimum Gasteiger partial charge on any atom is -0.358 e. The van der Waals surface area contributed by atoms with Gasteiger partial charge in [0.1, 0.15) is 17.7 Å². The van der Waals surface area contributed by atoms with E-state index in [9.17, 15) is 4.79 Å². The molecule has 1 amide bonds. The summed E-state index contributed by atoms with van der Waals surface area (Å²) in [6.07, 6.45) is 1.70. The molecule has 0 aliphatic heterocycles. The highest BCUT2D eigenvalue weighted by Crippen LogP contribution is 2.23. The molecule has 0 bridgehead atoms. The Hall–Kier alpha value is -2.79. The number of amides is 1. The third kappa shape index (κ3) is 4.18. The third-order valence-corrected chi connectivity index (χ3v) is 2.38. The fraction of sp³-hybridized carbons (Fsp3) is 0.214. The molecule has 0 atom stereocenters. The predicted molar refractivity (Wildman–Crippen MR) is 73.0 cm³/mol. The number of aryl methyl sites for hydroxylation is 1. The van der Waals surface area contributed by atoms with Crippen LogP contribution in [0.15, 0.2) is 30.0 Å². The summed E-state index contributed by atoms with van der Waals surface area (Å²) >= 11 is 0. The molecule has 5 nitrogen and oxygen atoms in total. The van der Waals surface area contributed by atoms with Crippen LogP contribution in [-0.2, 0) is 4.79 Å². The first-order valence-electron chi connectivity index (χ1n) is 5.78. The molecular formula is C14H14N4O. The first-order valence-corrected chi connectivity index (χ1v) is 5.78. The molecule has 0 unspecified atom stereocenters. The fourth-order valence-corrected chi connectivity index (χ4v) is 1.36. The van der Waals surface area contributed by atoms with Crippen LogP contribution < -0.4 is 10.6 Å². The smallest absolute Gasteiger partial charge is 0.224 e. The molecule has 5 heteroatoms. The largest absolute Gasteiger partial charge is 0.358 e. The summed E-state index contributed by atoms with van der Waals surface area (Å²) in [5.41, 5.74) is 2.23. The summed E-state index contributed by atoms with van der Waals surface area (Å²) < 4.78 is 0. The van der Waals surface area contributed by atoms with Crippen molar-refractivity contribution in [3.63, 3.8) is 0 Å². The van der Waals surface area contributed by atoms with E-state index in [2.05, 4.69) is 10.6 Å². The standard InChI is InChI=1S/C14H14N4O/c1-3-14(19)18-12-5-4-10(2)6-13(12)17-9-11(7-15)8-16/h4-6,9,17H,3H2,1-2H3,(H,18,19). The molecule has 96 valence electrons. The Morgan fingerprint density at radius 3 is 2.58 bits per heavy atom. The summed E-state index contributed by atoms with van der Waals surface area (Å²) in [6, 6.07) is 8.99. The summed E-state index contributed by atoms with van der Waals surface area (Å²) in [7, 11) is 0. The molecule has 2 N–H and O–H groups in total. The van der Waals surface area contributed by atoms with E-state index in [-0.39, 0.29) is 11.5 Å². The van der Waals surface area contributed by atoms with Gasteiger partial charge in [-0.1, -0.05) is 13.0 Å². The molecule has 0 aromatic heterocycles. The quantitative estimate of drug-likeness (QED) is 0.808. The number of carbonyl (C=O) groups is 1. The Labute approximate surface area is 112 Å². The number of nitriles is 2. The maximum absolute atomic E-state index is 11.4. The third-order valence-electron chi connectivity index (χ3n) is 2.38. The second kappa shape index (κ2) is 6.83. The Bertz CT molecular complexity index is 574. The van der Waals surface area contributed by atoms with E-state index >= 15 is 0 Å². The van der Waals surface area contributed by atoms with Gasteiger partial charge < -0.3 is 10.6 Å². The van der Waals surface area contributed by atoms with Crippen molar-refractivity contribution < 1.29 is 4.79 Å². The van der Waals surface area contributed by atoms with Crippen LogP contribution in [0.3, 0.4) is 0 Å². The van der Waals surface area contributed by atoms with E-state index < -0.39 is 0 Å². The monoisotopic (exact) mass is 254 g/mol. The van der Waals surface area contributed by atoms with Crippen LogP contribution in [0.25, 0.3) is 0 Å². The van der Waals surface area contributed by atoms with Crippen molar-refractivity contribution in [2.24, 2.45) is 0 Å². The van der Waals surface area contributed by atoms with Crippen molar-refractivity contribution in [1.29, 1.82) is 10.5 Å². The van der Waals surface area contributed by atoms with E-state index in [1.165, 1.54) is 6.20 Å². The number of nitrogens with one attached hydrogen (secondary N) is 2. The molecule has 0 aliphatic rings. The average molecular weight is 254 g/mol. The molecular weight excluding hydrogens is 240 g/mol. The lowest BCUT2D eigenvalue weighted by atomic mass is 10.2. The van der Waals surface area contributed by atoms with Crippen LogP contribution in [0.5, 0.6) is 0 Å². The van der Waals surface area contributed by atoms with Crippen LogP contribution in [0.2, 0.25) is 0 Å². The van der Waals surface area contributed by atoms with E-state index in [4.69, 9.17) is 10.5 Å². The highest BCUT2D eigenvalue weighted by Gasteiger charge is 2.05. The minimum atomic E-state index is -0.100. The molecule has 1 aromatic rings. The second-order valence-electron chi connectivity index (χ2n) is 3.88. The number of rotatable bonds is 4. The Balaban J connectivity index is 3.02. The number of carbonyl (C=O) groups excluding carboxylic acids is 1. The molecule has 0 saturated heterocycles. The van der Waals surface area contributed by atoms with E-state index in [0.29, 0.717) is 17.8 Å². The molecule has 0 fully saturated rings. The maximum Gasteiger partial charge on any atom is 0.224 e. The highest BCUT2D eigenvalue weighted by molar-refractivity contribution is 5.94. The topological polar surface area (TPSA) is 88.7 Å².